The van der Waals surface area contributed by atoms with Crippen molar-refractivity contribution in [2.24, 2.45) is 5.92 Å². The van der Waals surface area contributed by atoms with Crippen LogP contribution in [0.25, 0.3) is 0 Å². The number of rotatable bonds is 7. The first kappa shape index (κ1) is 19.7. The van der Waals surface area contributed by atoms with Crippen molar-refractivity contribution < 1.29 is 13.2 Å². The van der Waals surface area contributed by atoms with Gasteiger partial charge in [-0.05, 0) is 56.5 Å². The van der Waals surface area contributed by atoms with Gasteiger partial charge in [-0.2, -0.15) is 0 Å². The summed E-state index contributed by atoms with van der Waals surface area (Å²) in [5.41, 5.74) is 0.956. The van der Waals surface area contributed by atoms with Crippen molar-refractivity contribution in [1.29, 1.82) is 0 Å². The van der Waals surface area contributed by atoms with Gasteiger partial charge in [-0.15, -0.1) is 0 Å². The van der Waals surface area contributed by atoms with Crippen LogP contribution in [0.3, 0.4) is 0 Å². The summed E-state index contributed by atoms with van der Waals surface area (Å²) in [4.78, 5) is 14.7. The molecular formula is C18H29N3O3S. The lowest BCUT2D eigenvalue weighted by Gasteiger charge is -2.30. The Morgan fingerprint density at radius 1 is 1.40 bits per heavy atom. The van der Waals surface area contributed by atoms with Crippen molar-refractivity contribution in [3.63, 3.8) is 0 Å². The molecule has 1 N–H and O–H groups in total. The van der Waals surface area contributed by atoms with Gasteiger partial charge in [0, 0.05) is 25.7 Å². The molecule has 1 aromatic carbocycles. The Bertz CT molecular complexity index is 691. The number of sulfonamides is 1. The predicted molar refractivity (Wildman–Crippen MR) is 101 cm³/mol. The van der Waals surface area contributed by atoms with Crippen molar-refractivity contribution >= 4 is 21.6 Å². The van der Waals surface area contributed by atoms with Crippen molar-refractivity contribution in [1.82, 2.24) is 10.2 Å². The van der Waals surface area contributed by atoms with Gasteiger partial charge in [0.1, 0.15) is 0 Å². The highest BCUT2D eigenvalue weighted by molar-refractivity contribution is 7.92. The molecule has 1 aliphatic rings. The molecule has 140 valence electrons. The molecule has 1 fully saturated rings. The summed E-state index contributed by atoms with van der Waals surface area (Å²) in [7, 11) is -1.86. The third-order valence-electron chi connectivity index (χ3n) is 4.65. The zero-order chi connectivity index (χ0) is 18.4. The molecule has 1 saturated heterocycles. The largest absolute Gasteiger partial charge is 0.352 e. The third-order valence-corrected chi connectivity index (χ3v) is 5.85. The Kier molecular flexibility index (Phi) is 6.84. The number of benzene rings is 1. The average Bonchev–Trinajstić information content (AvgIpc) is 2.57. The van der Waals surface area contributed by atoms with Gasteiger partial charge in [0.25, 0.3) is 5.91 Å². The highest BCUT2D eigenvalue weighted by Crippen LogP contribution is 2.17. The number of hydrogen-bond acceptors (Lipinski definition) is 4. The summed E-state index contributed by atoms with van der Waals surface area (Å²) in [6.07, 6.45) is 4.63. The SMILES string of the molecule is CC1CCCN(CCCNC(=O)c2cccc(N(C)S(C)(=O)=O)c2)C1. The van der Waals surface area contributed by atoms with Crippen LogP contribution in [0.5, 0.6) is 0 Å². The summed E-state index contributed by atoms with van der Waals surface area (Å²) in [5, 5.41) is 2.92. The molecule has 1 amide bonds. The van der Waals surface area contributed by atoms with Crippen molar-refractivity contribution in [2.45, 2.75) is 26.2 Å². The fraction of sp³-hybridized carbons (Fsp3) is 0.611. The maximum atomic E-state index is 12.3. The number of hydrogen-bond donors (Lipinski definition) is 1. The number of carbonyl (C=O) groups excluding carboxylic acids is 1. The third kappa shape index (κ3) is 6.01. The highest BCUT2D eigenvalue weighted by Gasteiger charge is 2.16. The average molecular weight is 368 g/mol. The Hall–Kier alpha value is -1.60. The van der Waals surface area contributed by atoms with E-state index in [0.29, 0.717) is 17.8 Å². The topological polar surface area (TPSA) is 69.7 Å². The van der Waals surface area contributed by atoms with Gasteiger partial charge < -0.3 is 10.2 Å². The van der Waals surface area contributed by atoms with Crippen LogP contribution in [0.4, 0.5) is 5.69 Å². The zero-order valence-corrected chi connectivity index (χ0v) is 16.2. The first-order valence-corrected chi connectivity index (χ1v) is 10.7. The monoisotopic (exact) mass is 367 g/mol. The molecule has 1 unspecified atom stereocenters. The molecule has 0 aromatic heterocycles. The summed E-state index contributed by atoms with van der Waals surface area (Å²) in [5.74, 6) is 0.591. The molecule has 0 bridgehead atoms. The molecule has 1 heterocycles. The normalized spacial score (nSPS) is 18.8. The van der Waals surface area contributed by atoms with Crippen LogP contribution in [0, 0.1) is 5.92 Å². The fourth-order valence-electron chi connectivity index (χ4n) is 3.13. The Balaban J connectivity index is 1.82. The molecule has 7 heteroatoms. The van der Waals surface area contributed by atoms with E-state index in [1.54, 1.807) is 24.3 Å². The van der Waals surface area contributed by atoms with Crippen LogP contribution < -0.4 is 9.62 Å². The summed E-state index contributed by atoms with van der Waals surface area (Å²) < 4.78 is 24.4. The van der Waals surface area contributed by atoms with E-state index in [9.17, 15) is 13.2 Å². The second-order valence-electron chi connectivity index (χ2n) is 6.94. The van der Waals surface area contributed by atoms with Crippen LogP contribution in [-0.4, -0.2) is 58.7 Å². The molecule has 0 saturated carbocycles. The van der Waals surface area contributed by atoms with E-state index in [1.807, 2.05) is 0 Å². The minimum absolute atomic E-state index is 0.171. The van der Waals surface area contributed by atoms with E-state index in [0.717, 1.165) is 38.2 Å². The molecule has 25 heavy (non-hydrogen) atoms. The van der Waals surface area contributed by atoms with Gasteiger partial charge in [0.05, 0.1) is 11.9 Å². The molecule has 6 nitrogen and oxygen atoms in total. The Morgan fingerprint density at radius 2 is 2.16 bits per heavy atom. The molecule has 0 aliphatic carbocycles. The summed E-state index contributed by atoms with van der Waals surface area (Å²) in [6.45, 7) is 6.21. The minimum atomic E-state index is -3.34. The van der Waals surface area contributed by atoms with E-state index >= 15 is 0 Å². The van der Waals surface area contributed by atoms with Gasteiger partial charge in [0.15, 0.2) is 0 Å². The van der Waals surface area contributed by atoms with Crippen LogP contribution >= 0.6 is 0 Å². The van der Waals surface area contributed by atoms with Crippen LogP contribution in [0.2, 0.25) is 0 Å². The number of anilines is 1. The number of carbonyl (C=O) groups is 1. The maximum Gasteiger partial charge on any atom is 0.251 e. The Morgan fingerprint density at radius 3 is 2.84 bits per heavy atom. The van der Waals surface area contributed by atoms with Crippen molar-refractivity contribution in [3.05, 3.63) is 29.8 Å². The molecule has 0 spiro atoms. The molecule has 1 atom stereocenters. The smallest absolute Gasteiger partial charge is 0.251 e. The highest BCUT2D eigenvalue weighted by atomic mass is 32.2. The van der Waals surface area contributed by atoms with Gasteiger partial charge in [0.2, 0.25) is 10.0 Å². The lowest BCUT2D eigenvalue weighted by molar-refractivity contribution is 0.0950. The first-order valence-electron chi connectivity index (χ1n) is 8.82. The van der Waals surface area contributed by atoms with E-state index in [-0.39, 0.29) is 5.91 Å². The Labute approximate surface area is 151 Å². The van der Waals surface area contributed by atoms with E-state index in [2.05, 4.69) is 17.1 Å². The van der Waals surface area contributed by atoms with Crippen molar-refractivity contribution in [3.8, 4) is 0 Å². The summed E-state index contributed by atoms with van der Waals surface area (Å²) in [6, 6.07) is 6.67. The predicted octanol–water partition coefficient (Wildman–Crippen LogP) is 1.93. The fourth-order valence-corrected chi connectivity index (χ4v) is 3.63. The lowest BCUT2D eigenvalue weighted by Crippen LogP contribution is -2.36. The van der Waals surface area contributed by atoms with E-state index in [4.69, 9.17) is 0 Å². The van der Waals surface area contributed by atoms with Crippen LogP contribution in [0.1, 0.15) is 36.5 Å². The first-order chi connectivity index (χ1) is 11.8. The number of amides is 1. The van der Waals surface area contributed by atoms with Gasteiger partial charge in [-0.1, -0.05) is 13.0 Å². The van der Waals surface area contributed by atoms with Gasteiger partial charge >= 0.3 is 0 Å². The number of piperidine rings is 1. The van der Waals surface area contributed by atoms with E-state index < -0.39 is 10.0 Å². The molecule has 2 rings (SSSR count). The quantitative estimate of drug-likeness (QED) is 0.748. The lowest BCUT2D eigenvalue weighted by atomic mass is 10.0. The zero-order valence-electron chi connectivity index (χ0n) is 15.4. The number of nitrogens with zero attached hydrogens (tertiary/aromatic N) is 2. The standard InChI is InChI=1S/C18H29N3O3S/c1-15-7-5-11-21(14-15)12-6-10-19-18(22)16-8-4-9-17(13-16)20(2)25(3,23)24/h4,8-9,13,15H,5-7,10-12,14H2,1-3H3,(H,19,22). The summed E-state index contributed by atoms with van der Waals surface area (Å²) >= 11 is 0. The molecule has 1 aliphatic heterocycles. The van der Waals surface area contributed by atoms with Crippen LogP contribution in [0.15, 0.2) is 24.3 Å². The van der Waals surface area contributed by atoms with E-state index in [1.165, 1.54) is 24.2 Å². The van der Waals surface area contributed by atoms with Crippen LogP contribution in [-0.2, 0) is 10.0 Å². The van der Waals surface area contributed by atoms with Gasteiger partial charge in [-0.3, -0.25) is 9.10 Å². The van der Waals surface area contributed by atoms with Crippen molar-refractivity contribution in [2.75, 3.05) is 43.8 Å². The molecule has 0 radical (unpaired) electrons. The minimum Gasteiger partial charge on any atom is -0.352 e. The molecular weight excluding hydrogens is 338 g/mol. The number of likely N-dealkylation sites (tertiary alicyclic amines) is 1. The second-order valence-corrected chi connectivity index (χ2v) is 8.95. The van der Waals surface area contributed by atoms with Gasteiger partial charge in [-0.25, -0.2) is 8.42 Å². The maximum absolute atomic E-state index is 12.3. The number of nitrogens with one attached hydrogen (secondary N) is 1. The second kappa shape index (κ2) is 8.67. The molecule has 1 aromatic rings.